The highest BCUT2D eigenvalue weighted by atomic mass is 32.2. The molecule has 0 fully saturated rings. The third-order valence-electron chi connectivity index (χ3n) is 3.23. The molecule has 2 heterocycles. The van der Waals surface area contributed by atoms with Crippen LogP contribution in [0.5, 0.6) is 0 Å². The molecule has 0 aliphatic heterocycles. The molecule has 2 aromatic heterocycles. The van der Waals surface area contributed by atoms with Gasteiger partial charge in [0.15, 0.2) is 11.5 Å². The van der Waals surface area contributed by atoms with Crippen LogP contribution in [0.3, 0.4) is 0 Å². The van der Waals surface area contributed by atoms with E-state index >= 15 is 0 Å². The van der Waals surface area contributed by atoms with Crippen LogP contribution in [0, 0.1) is 0 Å². The molecule has 25 heavy (non-hydrogen) atoms. The highest BCUT2D eigenvalue weighted by Gasteiger charge is 2.35. The molecule has 0 aliphatic rings. The van der Waals surface area contributed by atoms with Crippen molar-refractivity contribution in [1.29, 1.82) is 0 Å². The van der Waals surface area contributed by atoms with Crippen LogP contribution in [0.1, 0.15) is 5.69 Å². The zero-order valence-corrected chi connectivity index (χ0v) is 13.2. The van der Waals surface area contributed by atoms with E-state index in [2.05, 4.69) is 15.0 Å². The fourth-order valence-electron chi connectivity index (χ4n) is 2.11. The lowest BCUT2D eigenvalue weighted by Crippen LogP contribution is -2.12. The predicted octanol–water partition coefficient (Wildman–Crippen LogP) is 2.00. The summed E-state index contributed by atoms with van der Waals surface area (Å²) in [6.45, 7) is 0. The number of imidazole rings is 1. The molecule has 0 radical (unpaired) electrons. The summed E-state index contributed by atoms with van der Waals surface area (Å²) in [6, 6.07) is 5.03. The van der Waals surface area contributed by atoms with Crippen LogP contribution in [-0.2, 0) is 16.2 Å². The number of rotatable bonds is 3. The number of hydrogen-bond donors (Lipinski definition) is 1. The minimum Gasteiger partial charge on any atom is -0.298 e. The molecule has 3 aromatic rings. The average molecular weight is 369 g/mol. The van der Waals surface area contributed by atoms with E-state index in [1.54, 1.807) is 0 Å². The van der Waals surface area contributed by atoms with Crippen LogP contribution in [-0.4, -0.2) is 27.9 Å². The van der Waals surface area contributed by atoms with Crippen molar-refractivity contribution in [3.05, 3.63) is 54.7 Å². The van der Waals surface area contributed by atoms with Gasteiger partial charge in [0.2, 0.25) is 10.0 Å². The minimum absolute atomic E-state index is 0.0798. The van der Waals surface area contributed by atoms with Crippen molar-refractivity contribution in [3.63, 3.8) is 0 Å². The van der Waals surface area contributed by atoms with E-state index in [0.29, 0.717) is 0 Å². The molecule has 0 saturated carbocycles. The highest BCUT2D eigenvalue weighted by Crippen LogP contribution is 2.32. The number of primary sulfonamides is 1. The fraction of sp³-hybridized carbons (Fsp3) is 0.0714. The first-order valence-corrected chi connectivity index (χ1v) is 8.27. The van der Waals surface area contributed by atoms with Crippen molar-refractivity contribution < 1.29 is 21.6 Å². The number of hydrogen-bond acceptors (Lipinski definition) is 5. The standard InChI is InChI=1S/C14H10F3N5O2S/c15-14(16,17)12-8-22(13(21-12)11-7-19-5-6-20-11)9-1-3-10(4-2-9)25(18,23)24/h1-8H,(H2,18,23,24). The smallest absolute Gasteiger partial charge is 0.298 e. The molecule has 1 aromatic carbocycles. The van der Waals surface area contributed by atoms with Gasteiger partial charge in [-0.05, 0) is 24.3 Å². The Morgan fingerprint density at radius 1 is 1.08 bits per heavy atom. The second-order valence-corrected chi connectivity index (χ2v) is 6.51. The van der Waals surface area contributed by atoms with Crippen LogP contribution >= 0.6 is 0 Å². The third kappa shape index (κ3) is 3.51. The van der Waals surface area contributed by atoms with E-state index in [9.17, 15) is 21.6 Å². The van der Waals surface area contributed by atoms with E-state index in [0.717, 1.165) is 10.8 Å². The third-order valence-corrected chi connectivity index (χ3v) is 4.16. The molecule has 130 valence electrons. The largest absolute Gasteiger partial charge is 0.434 e. The molecule has 2 N–H and O–H groups in total. The summed E-state index contributed by atoms with van der Waals surface area (Å²) in [5.41, 5.74) is -0.715. The molecule has 3 rings (SSSR count). The van der Waals surface area contributed by atoms with E-state index in [-0.39, 0.29) is 22.1 Å². The Morgan fingerprint density at radius 2 is 1.76 bits per heavy atom. The first-order valence-electron chi connectivity index (χ1n) is 6.72. The van der Waals surface area contributed by atoms with Gasteiger partial charge in [-0.25, -0.2) is 23.5 Å². The van der Waals surface area contributed by atoms with Crippen molar-refractivity contribution >= 4 is 10.0 Å². The summed E-state index contributed by atoms with van der Waals surface area (Å²) < 4.78 is 62.8. The predicted molar refractivity (Wildman–Crippen MR) is 81.0 cm³/mol. The summed E-state index contributed by atoms with van der Waals surface area (Å²) in [7, 11) is -3.91. The average Bonchev–Trinajstić information content (AvgIpc) is 3.00. The van der Waals surface area contributed by atoms with Crippen LogP contribution < -0.4 is 5.14 Å². The maximum Gasteiger partial charge on any atom is 0.434 e. The molecule has 0 unspecified atom stereocenters. The lowest BCUT2D eigenvalue weighted by molar-refractivity contribution is -0.140. The SMILES string of the molecule is NS(=O)(=O)c1ccc(-n2cc(C(F)(F)F)nc2-c2cnccn2)cc1. The number of nitrogens with two attached hydrogens (primary N) is 1. The van der Waals surface area contributed by atoms with Gasteiger partial charge in [-0.2, -0.15) is 13.2 Å². The Balaban J connectivity index is 2.16. The summed E-state index contributed by atoms with van der Waals surface area (Å²) in [4.78, 5) is 11.2. The normalized spacial score (nSPS) is 12.3. The van der Waals surface area contributed by atoms with Crippen LogP contribution in [0.4, 0.5) is 13.2 Å². The summed E-state index contributed by atoms with van der Waals surface area (Å²) in [5.74, 6) is -0.0798. The second-order valence-electron chi connectivity index (χ2n) is 4.95. The van der Waals surface area contributed by atoms with Crippen molar-refractivity contribution in [2.45, 2.75) is 11.1 Å². The highest BCUT2D eigenvalue weighted by molar-refractivity contribution is 7.89. The van der Waals surface area contributed by atoms with Gasteiger partial charge in [0.1, 0.15) is 5.69 Å². The Bertz CT molecular complexity index is 999. The van der Waals surface area contributed by atoms with Crippen LogP contribution in [0.25, 0.3) is 17.2 Å². The zero-order chi connectivity index (χ0) is 18.2. The molecule has 0 aliphatic carbocycles. The number of sulfonamides is 1. The Hall–Kier alpha value is -2.79. The Kier molecular flexibility index (Phi) is 4.05. The summed E-state index contributed by atoms with van der Waals surface area (Å²) >= 11 is 0. The maximum absolute atomic E-state index is 13.0. The summed E-state index contributed by atoms with van der Waals surface area (Å²) in [6.07, 6.45) is 0.129. The molecular weight excluding hydrogens is 359 g/mol. The molecule has 0 saturated heterocycles. The Morgan fingerprint density at radius 3 is 2.28 bits per heavy atom. The lowest BCUT2D eigenvalue weighted by Gasteiger charge is -2.07. The fourth-order valence-corrected chi connectivity index (χ4v) is 2.62. The zero-order valence-electron chi connectivity index (χ0n) is 12.3. The molecule has 0 amide bonds. The van der Waals surface area contributed by atoms with Crippen molar-refractivity contribution in [2.24, 2.45) is 5.14 Å². The van der Waals surface area contributed by atoms with Gasteiger partial charge in [-0.15, -0.1) is 0 Å². The van der Waals surface area contributed by atoms with E-state index in [1.807, 2.05) is 0 Å². The van der Waals surface area contributed by atoms with Crippen molar-refractivity contribution in [2.75, 3.05) is 0 Å². The number of alkyl halides is 3. The van der Waals surface area contributed by atoms with Crippen molar-refractivity contribution in [1.82, 2.24) is 19.5 Å². The number of benzene rings is 1. The van der Waals surface area contributed by atoms with Gasteiger partial charge < -0.3 is 0 Å². The minimum atomic E-state index is -4.65. The van der Waals surface area contributed by atoms with Gasteiger partial charge in [0, 0.05) is 24.3 Å². The molecule has 7 nitrogen and oxygen atoms in total. The van der Waals surface area contributed by atoms with Gasteiger partial charge in [-0.3, -0.25) is 9.55 Å². The van der Waals surface area contributed by atoms with E-state index < -0.39 is 21.9 Å². The van der Waals surface area contributed by atoms with Gasteiger partial charge >= 0.3 is 6.18 Å². The Labute approximate surface area is 140 Å². The molecule has 11 heteroatoms. The molecular formula is C14H10F3N5O2S. The molecule has 0 bridgehead atoms. The summed E-state index contributed by atoms with van der Waals surface area (Å²) in [5, 5.41) is 5.01. The topological polar surface area (TPSA) is 104 Å². The molecule has 0 spiro atoms. The van der Waals surface area contributed by atoms with Crippen LogP contribution in [0.15, 0.2) is 53.9 Å². The van der Waals surface area contributed by atoms with E-state index in [4.69, 9.17) is 5.14 Å². The van der Waals surface area contributed by atoms with E-state index in [1.165, 1.54) is 42.9 Å². The van der Waals surface area contributed by atoms with Gasteiger partial charge in [0.25, 0.3) is 0 Å². The molecule has 0 atom stereocenters. The number of aromatic nitrogens is 4. The number of nitrogens with zero attached hydrogens (tertiary/aromatic N) is 4. The first kappa shape index (κ1) is 17.0. The van der Waals surface area contributed by atoms with Crippen molar-refractivity contribution in [3.8, 4) is 17.2 Å². The maximum atomic E-state index is 13.0. The lowest BCUT2D eigenvalue weighted by atomic mass is 10.3. The van der Waals surface area contributed by atoms with Gasteiger partial charge in [0.05, 0.1) is 11.1 Å². The number of halogens is 3. The van der Waals surface area contributed by atoms with Gasteiger partial charge in [-0.1, -0.05) is 0 Å². The second kappa shape index (κ2) is 5.93. The first-order chi connectivity index (χ1) is 11.7. The monoisotopic (exact) mass is 369 g/mol. The van der Waals surface area contributed by atoms with Crippen LogP contribution in [0.2, 0.25) is 0 Å². The quantitative estimate of drug-likeness (QED) is 0.760.